The van der Waals surface area contributed by atoms with Crippen LogP contribution in [0.15, 0.2) is 36.7 Å². The quantitative estimate of drug-likeness (QED) is 0.810. The molecule has 94 valence electrons. The van der Waals surface area contributed by atoms with Crippen molar-refractivity contribution in [2.24, 2.45) is 0 Å². The molecule has 0 saturated heterocycles. The van der Waals surface area contributed by atoms with Crippen LogP contribution in [0.3, 0.4) is 0 Å². The highest BCUT2D eigenvalue weighted by molar-refractivity contribution is 5.24. The zero-order valence-corrected chi connectivity index (χ0v) is 10.6. The van der Waals surface area contributed by atoms with E-state index in [1.165, 1.54) is 11.1 Å². The van der Waals surface area contributed by atoms with Gasteiger partial charge in [-0.05, 0) is 12.5 Å². The van der Waals surface area contributed by atoms with Crippen molar-refractivity contribution < 1.29 is 9.47 Å². The fourth-order valence-electron chi connectivity index (χ4n) is 1.57. The Hall–Kier alpha value is -2.10. The maximum atomic E-state index is 5.56. The van der Waals surface area contributed by atoms with E-state index in [9.17, 15) is 0 Å². The lowest BCUT2D eigenvalue weighted by Gasteiger charge is -2.08. The number of hydrogen-bond acceptors (Lipinski definition) is 4. The number of aryl methyl sites for hydroxylation is 1. The van der Waals surface area contributed by atoms with E-state index in [4.69, 9.17) is 9.47 Å². The molecule has 2 rings (SSSR count). The SMILES string of the molecule is COc1nccnc1OCCc1ccc(C)cc1. The Morgan fingerprint density at radius 2 is 1.67 bits per heavy atom. The van der Waals surface area contributed by atoms with Crippen molar-refractivity contribution in [2.45, 2.75) is 13.3 Å². The average Bonchev–Trinajstić information content (AvgIpc) is 2.41. The third-order valence-corrected chi connectivity index (χ3v) is 2.58. The first-order chi connectivity index (χ1) is 8.79. The minimum atomic E-state index is 0.418. The first kappa shape index (κ1) is 12.4. The summed E-state index contributed by atoms with van der Waals surface area (Å²) in [5.41, 5.74) is 2.50. The average molecular weight is 244 g/mol. The van der Waals surface area contributed by atoms with Crippen LogP contribution >= 0.6 is 0 Å². The summed E-state index contributed by atoms with van der Waals surface area (Å²) in [4.78, 5) is 8.11. The predicted molar refractivity (Wildman–Crippen MR) is 69.0 cm³/mol. The number of nitrogens with zero attached hydrogens (tertiary/aromatic N) is 2. The highest BCUT2D eigenvalue weighted by Gasteiger charge is 2.05. The second kappa shape index (κ2) is 6.00. The number of ether oxygens (including phenoxy) is 2. The van der Waals surface area contributed by atoms with Gasteiger partial charge in [-0.15, -0.1) is 0 Å². The zero-order chi connectivity index (χ0) is 12.8. The summed E-state index contributed by atoms with van der Waals surface area (Å²) in [6, 6.07) is 8.40. The molecule has 18 heavy (non-hydrogen) atoms. The third kappa shape index (κ3) is 3.20. The topological polar surface area (TPSA) is 44.2 Å². The molecule has 0 spiro atoms. The first-order valence-corrected chi connectivity index (χ1v) is 5.83. The third-order valence-electron chi connectivity index (χ3n) is 2.58. The fourth-order valence-corrected chi connectivity index (χ4v) is 1.57. The molecule has 0 unspecified atom stereocenters. The number of aromatic nitrogens is 2. The highest BCUT2D eigenvalue weighted by atomic mass is 16.5. The summed E-state index contributed by atoms with van der Waals surface area (Å²) < 4.78 is 10.6. The first-order valence-electron chi connectivity index (χ1n) is 5.83. The van der Waals surface area contributed by atoms with Crippen molar-refractivity contribution in [3.05, 3.63) is 47.8 Å². The van der Waals surface area contributed by atoms with Crippen LogP contribution in [0.2, 0.25) is 0 Å². The van der Waals surface area contributed by atoms with Crippen LogP contribution in [0.5, 0.6) is 11.8 Å². The van der Waals surface area contributed by atoms with Crippen LogP contribution in [-0.2, 0) is 6.42 Å². The van der Waals surface area contributed by atoms with Gasteiger partial charge in [0.1, 0.15) is 0 Å². The van der Waals surface area contributed by atoms with Crippen LogP contribution in [0.25, 0.3) is 0 Å². The summed E-state index contributed by atoms with van der Waals surface area (Å²) >= 11 is 0. The van der Waals surface area contributed by atoms with Crippen LogP contribution < -0.4 is 9.47 Å². The van der Waals surface area contributed by atoms with E-state index >= 15 is 0 Å². The maximum Gasteiger partial charge on any atom is 0.278 e. The van der Waals surface area contributed by atoms with Gasteiger partial charge in [-0.25, -0.2) is 9.97 Å². The lowest BCUT2D eigenvalue weighted by Crippen LogP contribution is -2.04. The van der Waals surface area contributed by atoms with Crippen LogP contribution in [0.4, 0.5) is 0 Å². The molecule has 0 radical (unpaired) electrons. The van der Waals surface area contributed by atoms with Gasteiger partial charge in [-0.3, -0.25) is 0 Å². The summed E-state index contributed by atoms with van der Waals surface area (Å²) in [6.07, 6.45) is 4.00. The van der Waals surface area contributed by atoms with E-state index in [2.05, 4.69) is 41.2 Å². The van der Waals surface area contributed by atoms with Crippen molar-refractivity contribution in [1.82, 2.24) is 9.97 Å². The normalized spacial score (nSPS) is 10.1. The Labute approximate surface area is 107 Å². The predicted octanol–water partition coefficient (Wildman–Crippen LogP) is 2.42. The molecule has 1 aromatic carbocycles. The molecule has 0 bridgehead atoms. The zero-order valence-electron chi connectivity index (χ0n) is 10.6. The van der Waals surface area contributed by atoms with Gasteiger partial charge in [0.05, 0.1) is 13.7 Å². The highest BCUT2D eigenvalue weighted by Crippen LogP contribution is 2.19. The van der Waals surface area contributed by atoms with Gasteiger partial charge in [0.25, 0.3) is 11.8 Å². The summed E-state index contributed by atoms with van der Waals surface area (Å²) in [5.74, 6) is 0.855. The molecular weight excluding hydrogens is 228 g/mol. The summed E-state index contributed by atoms with van der Waals surface area (Å²) in [7, 11) is 1.55. The Morgan fingerprint density at radius 3 is 2.33 bits per heavy atom. The molecule has 0 aliphatic carbocycles. The number of methoxy groups -OCH3 is 1. The molecule has 4 nitrogen and oxygen atoms in total. The van der Waals surface area contributed by atoms with Crippen molar-refractivity contribution in [1.29, 1.82) is 0 Å². The fraction of sp³-hybridized carbons (Fsp3) is 0.286. The molecule has 2 aromatic rings. The molecule has 0 atom stereocenters. The van der Waals surface area contributed by atoms with E-state index in [1.54, 1.807) is 19.5 Å². The molecule has 1 aromatic heterocycles. The Bertz CT molecular complexity index is 497. The van der Waals surface area contributed by atoms with Gasteiger partial charge in [0.15, 0.2) is 0 Å². The Morgan fingerprint density at radius 1 is 1.00 bits per heavy atom. The lowest BCUT2D eigenvalue weighted by molar-refractivity contribution is 0.279. The van der Waals surface area contributed by atoms with E-state index in [-0.39, 0.29) is 0 Å². The monoisotopic (exact) mass is 244 g/mol. The maximum absolute atomic E-state index is 5.56. The smallest absolute Gasteiger partial charge is 0.278 e. The van der Waals surface area contributed by atoms with E-state index < -0.39 is 0 Å². The van der Waals surface area contributed by atoms with Crippen LogP contribution in [0.1, 0.15) is 11.1 Å². The van der Waals surface area contributed by atoms with Gasteiger partial charge in [0.2, 0.25) is 0 Å². The second-order valence-corrected chi connectivity index (χ2v) is 3.95. The van der Waals surface area contributed by atoms with Gasteiger partial charge in [0, 0.05) is 18.8 Å². The largest absolute Gasteiger partial charge is 0.477 e. The Kier molecular flexibility index (Phi) is 4.12. The van der Waals surface area contributed by atoms with E-state index in [0.717, 1.165) is 6.42 Å². The van der Waals surface area contributed by atoms with Gasteiger partial charge >= 0.3 is 0 Å². The van der Waals surface area contributed by atoms with Crippen molar-refractivity contribution in [3.8, 4) is 11.8 Å². The lowest BCUT2D eigenvalue weighted by atomic mass is 10.1. The molecule has 1 heterocycles. The second-order valence-electron chi connectivity index (χ2n) is 3.95. The Balaban J connectivity index is 1.90. The minimum absolute atomic E-state index is 0.418. The van der Waals surface area contributed by atoms with E-state index in [1.807, 2.05) is 0 Å². The molecule has 4 heteroatoms. The van der Waals surface area contributed by atoms with Gasteiger partial charge in [-0.2, -0.15) is 0 Å². The van der Waals surface area contributed by atoms with Gasteiger partial charge < -0.3 is 9.47 Å². The molecule has 0 amide bonds. The summed E-state index contributed by atoms with van der Waals surface area (Å²) in [5, 5.41) is 0. The molecule has 0 N–H and O–H groups in total. The van der Waals surface area contributed by atoms with Gasteiger partial charge in [-0.1, -0.05) is 29.8 Å². The standard InChI is InChI=1S/C14H16N2O2/c1-11-3-5-12(6-4-11)7-10-18-14-13(17-2)15-8-9-16-14/h3-6,8-9H,7,10H2,1-2H3. The van der Waals surface area contributed by atoms with Crippen molar-refractivity contribution in [2.75, 3.05) is 13.7 Å². The number of hydrogen-bond donors (Lipinski definition) is 0. The minimum Gasteiger partial charge on any atom is -0.477 e. The molecular formula is C14H16N2O2. The molecule has 0 saturated carbocycles. The van der Waals surface area contributed by atoms with Crippen LogP contribution in [0, 0.1) is 6.92 Å². The summed E-state index contributed by atoms with van der Waals surface area (Å²) in [6.45, 7) is 2.63. The number of rotatable bonds is 5. The van der Waals surface area contributed by atoms with Crippen molar-refractivity contribution in [3.63, 3.8) is 0 Å². The van der Waals surface area contributed by atoms with Crippen molar-refractivity contribution >= 4 is 0 Å². The van der Waals surface area contributed by atoms with Crippen LogP contribution in [-0.4, -0.2) is 23.7 Å². The molecule has 0 aliphatic rings. The molecule has 0 aliphatic heterocycles. The number of benzene rings is 1. The van der Waals surface area contributed by atoms with E-state index in [0.29, 0.717) is 18.4 Å². The molecule has 0 fully saturated rings.